The molecule has 0 saturated carbocycles. The van der Waals surface area contributed by atoms with Crippen molar-refractivity contribution in [3.05, 3.63) is 48.0 Å². The van der Waals surface area contributed by atoms with Gasteiger partial charge in [0.15, 0.2) is 29.0 Å². The minimum atomic E-state index is -1.41. The van der Waals surface area contributed by atoms with E-state index < -0.39 is 73.3 Å². The third-order valence-electron chi connectivity index (χ3n) is 8.23. The van der Waals surface area contributed by atoms with E-state index in [0.29, 0.717) is 42.1 Å². The van der Waals surface area contributed by atoms with Crippen molar-refractivity contribution >= 4 is 52.4 Å². The molecule has 1 fully saturated rings. The highest BCUT2D eigenvalue weighted by molar-refractivity contribution is 7.98. The van der Waals surface area contributed by atoms with Gasteiger partial charge in [0.05, 0.1) is 12.9 Å². The number of aliphatic hydroxyl groups is 2. The number of aliphatic hydroxyl groups excluding tert-OH is 2. The molecule has 16 nitrogen and oxygen atoms in total. The molecule has 1 aliphatic rings. The minimum absolute atomic E-state index is 0.0854. The van der Waals surface area contributed by atoms with Gasteiger partial charge in [-0.15, -0.1) is 0 Å². The molecule has 2 aromatic heterocycles. The Hall–Kier alpha value is -4.32. The highest BCUT2D eigenvalue weighted by atomic mass is 32.2. The Labute approximate surface area is 294 Å². The van der Waals surface area contributed by atoms with Gasteiger partial charge >= 0.3 is 6.09 Å². The number of benzene rings is 1. The third-order valence-corrected chi connectivity index (χ3v) is 8.87. The maximum absolute atomic E-state index is 13.0. The molecule has 1 saturated heterocycles. The number of carbonyl (C=O) groups excluding carboxylic acids is 4. The fourth-order valence-corrected chi connectivity index (χ4v) is 6.02. The average molecular weight is 715 g/mol. The number of aryl methyl sites for hydroxylation is 1. The second-order valence-electron chi connectivity index (χ2n) is 12.7. The molecular weight excluding hydrogens is 668 g/mol. The lowest BCUT2D eigenvalue weighted by molar-refractivity contribution is -0.132. The number of imidazole rings is 1. The van der Waals surface area contributed by atoms with Crippen molar-refractivity contribution in [3.8, 4) is 0 Å². The van der Waals surface area contributed by atoms with Gasteiger partial charge in [-0.1, -0.05) is 43.7 Å². The van der Waals surface area contributed by atoms with Crippen LogP contribution in [-0.4, -0.2) is 103 Å². The molecular formula is C33H46N8O8S. The fourth-order valence-electron chi connectivity index (χ4n) is 5.55. The van der Waals surface area contributed by atoms with E-state index in [4.69, 9.17) is 15.2 Å². The number of rotatable bonds is 18. The topological polar surface area (TPSA) is 233 Å². The summed E-state index contributed by atoms with van der Waals surface area (Å²) in [6.45, 7) is 5.49. The number of primary amides is 1. The molecule has 17 heteroatoms. The van der Waals surface area contributed by atoms with Crippen LogP contribution in [0, 0.1) is 18.8 Å². The number of thioether (sulfide) groups is 1. The van der Waals surface area contributed by atoms with E-state index in [1.54, 1.807) is 0 Å². The number of hydrogen-bond donors (Lipinski definition) is 6. The lowest BCUT2D eigenvalue weighted by atomic mass is 9.91. The first kappa shape index (κ1) is 38.5. The van der Waals surface area contributed by atoms with Crippen LogP contribution >= 0.6 is 11.8 Å². The summed E-state index contributed by atoms with van der Waals surface area (Å²) < 4.78 is 12.5. The van der Waals surface area contributed by atoms with E-state index in [1.807, 2.05) is 51.3 Å². The number of nitrogens with one attached hydrogen (secondary N) is 3. The number of fused-ring (bicyclic) bond motifs is 1. The molecule has 0 aliphatic carbocycles. The van der Waals surface area contributed by atoms with Crippen LogP contribution in [0.4, 0.5) is 10.6 Å². The number of Topliss-reactive ketones (excluding diaryl/α,β-unsaturated/α-hetero) is 1. The zero-order valence-electron chi connectivity index (χ0n) is 28.6. The Bertz CT molecular complexity index is 1620. The number of anilines is 1. The van der Waals surface area contributed by atoms with Gasteiger partial charge in [-0.25, -0.2) is 19.7 Å². The molecule has 3 amide bonds. The number of amides is 3. The Morgan fingerprint density at radius 1 is 1.10 bits per heavy atom. The SMILES string of the molecule is CSCC[C@H](NC(=O)[C@@H](CC(=O)CNC(=O)OC[C@H]1O[C@@H](n2cnc3c(NCc4ccc(C)cc4)ncnc32)[C@@H](O)C1O)CC(C)C)C(N)=O. The van der Waals surface area contributed by atoms with Crippen LogP contribution in [0.25, 0.3) is 11.2 Å². The number of ether oxygens (including phenoxy) is 2. The monoisotopic (exact) mass is 714 g/mol. The average Bonchev–Trinajstić information content (AvgIpc) is 3.63. The maximum Gasteiger partial charge on any atom is 0.407 e. The third kappa shape index (κ3) is 10.3. The molecule has 1 aliphatic heterocycles. The Kier molecular flexibility index (Phi) is 13.9. The predicted molar refractivity (Wildman–Crippen MR) is 186 cm³/mol. The van der Waals surface area contributed by atoms with E-state index in [0.717, 1.165) is 11.1 Å². The van der Waals surface area contributed by atoms with E-state index in [2.05, 4.69) is 30.9 Å². The Morgan fingerprint density at radius 3 is 2.52 bits per heavy atom. The second kappa shape index (κ2) is 18.1. The number of carbonyl (C=O) groups is 4. The Morgan fingerprint density at radius 2 is 1.84 bits per heavy atom. The first-order valence-electron chi connectivity index (χ1n) is 16.4. The lowest BCUT2D eigenvalue weighted by Gasteiger charge is -2.22. The zero-order valence-corrected chi connectivity index (χ0v) is 29.4. The van der Waals surface area contributed by atoms with Crippen LogP contribution in [0.5, 0.6) is 0 Å². The smallest absolute Gasteiger partial charge is 0.407 e. The van der Waals surface area contributed by atoms with Crippen molar-refractivity contribution in [1.29, 1.82) is 0 Å². The normalized spacial score (nSPS) is 20.0. The standard InChI is InChI=1S/C33H46N8O8S/c1-18(2)11-21(31(46)40-23(28(34)45)9-10-50-4)12-22(42)14-36-33(47)48-15-24-26(43)27(44)32(49-24)41-17-39-25-29(37-16-38-30(25)41)35-13-20-7-5-19(3)6-8-20/h5-8,16-18,21,23-24,26-27,32,43-44H,9-15H2,1-4H3,(H2,34,45)(H,36,47)(H,40,46)(H,35,37,38)/t21-,23+,24-,26?,27+,32-/m1/s1. The lowest BCUT2D eigenvalue weighted by Crippen LogP contribution is -2.47. The van der Waals surface area contributed by atoms with Crippen molar-refractivity contribution in [1.82, 2.24) is 30.2 Å². The van der Waals surface area contributed by atoms with Crippen molar-refractivity contribution in [2.75, 3.05) is 30.5 Å². The van der Waals surface area contributed by atoms with Crippen LogP contribution in [-0.2, 0) is 30.4 Å². The molecule has 6 atom stereocenters. The van der Waals surface area contributed by atoms with E-state index >= 15 is 0 Å². The zero-order chi connectivity index (χ0) is 36.4. The molecule has 1 aromatic carbocycles. The first-order chi connectivity index (χ1) is 23.9. The van der Waals surface area contributed by atoms with Gasteiger partial charge in [0, 0.05) is 18.9 Å². The molecule has 3 heterocycles. The van der Waals surface area contributed by atoms with Crippen molar-refractivity contribution in [2.45, 2.75) is 77.2 Å². The summed E-state index contributed by atoms with van der Waals surface area (Å²) in [5.74, 6) is -1.05. The molecule has 0 radical (unpaired) electrons. The van der Waals surface area contributed by atoms with Gasteiger partial charge in [-0.2, -0.15) is 11.8 Å². The summed E-state index contributed by atoms with van der Waals surface area (Å²) in [4.78, 5) is 63.0. The van der Waals surface area contributed by atoms with Crippen LogP contribution < -0.4 is 21.7 Å². The van der Waals surface area contributed by atoms with Gasteiger partial charge in [0.25, 0.3) is 0 Å². The molecule has 3 aromatic rings. The molecule has 50 heavy (non-hydrogen) atoms. The predicted octanol–water partition coefficient (Wildman–Crippen LogP) is 1.44. The summed E-state index contributed by atoms with van der Waals surface area (Å²) in [7, 11) is 0. The summed E-state index contributed by atoms with van der Waals surface area (Å²) in [5, 5.41) is 29.8. The van der Waals surface area contributed by atoms with E-state index in [-0.39, 0.29) is 12.3 Å². The number of ketones is 1. The number of nitrogens with two attached hydrogens (primary N) is 1. The highest BCUT2D eigenvalue weighted by Crippen LogP contribution is 2.32. The van der Waals surface area contributed by atoms with Gasteiger partial charge in [0.1, 0.15) is 37.3 Å². The van der Waals surface area contributed by atoms with Crippen LogP contribution in [0.1, 0.15) is 50.5 Å². The van der Waals surface area contributed by atoms with Crippen LogP contribution in [0.15, 0.2) is 36.9 Å². The summed E-state index contributed by atoms with van der Waals surface area (Å²) >= 11 is 1.52. The molecule has 1 unspecified atom stereocenters. The van der Waals surface area contributed by atoms with Gasteiger partial charge < -0.3 is 41.4 Å². The Balaban J connectivity index is 1.28. The highest BCUT2D eigenvalue weighted by Gasteiger charge is 2.45. The van der Waals surface area contributed by atoms with Gasteiger partial charge in [0.2, 0.25) is 11.8 Å². The summed E-state index contributed by atoms with van der Waals surface area (Å²) in [6, 6.07) is 7.20. The molecule has 0 bridgehead atoms. The minimum Gasteiger partial charge on any atom is -0.447 e. The first-order valence-corrected chi connectivity index (χ1v) is 17.8. The van der Waals surface area contributed by atoms with E-state index in [9.17, 15) is 29.4 Å². The van der Waals surface area contributed by atoms with E-state index in [1.165, 1.54) is 29.0 Å². The largest absolute Gasteiger partial charge is 0.447 e. The molecule has 272 valence electrons. The maximum atomic E-state index is 13.0. The van der Waals surface area contributed by atoms with Gasteiger partial charge in [-0.05, 0) is 43.3 Å². The molecule has 4 rings (SSSR count). The van der Waals surface area contributed by atoms with Crippen LogP contribution in [0.2, 0.25) is 0 Å². The summed E-state index contributed by atoms with van der Waals surface area (Å²) in [5.41, 5.74) is 8.44. The number of alkyl carbamates (subject to hydrolysis) is 1. The van der Waals surface area contributed by atoms with Crippen LogP contribution in [0.3, 0.4) is 0 Å². The van der Waals surface area contributed by atoms with Crippen molar-refractivity contribution in [2.24, 2.45) is 17.6 Å². The fraction of sp³-hybridized carbons (Fsp3) is 0.545. The molecule has 0 spiro atoms. The number of nitrogens with zero attached hydrogens (tertiary/aromatic N) is 4. The molecule has 7 N–H and O–H groups in total. The van der Waals surface area contributed by atoms with Crippen molar-refractivity contribution in [3.63, 3.8) is 0 Å². The number of hydrogen-bond acceptors (Lipinski definition) is 13. The quantitative estimate of drug-likeness (QED) is 0.110. The number of aromatic nitrogens is 4. The van der Waals surface area contributed by atoms with Crippen molar-refractivity contribution < 1.29 is 38.9 Å². The second-order valence-corrected chi connectivity index (χ2v) is 13.7. The summed E-state index contributed by atoms with van der Waals surface area (Å²) in [6.07, 6.45) is -0.710. The van der Waals surface area contributed by atoms with Gasteiger partial charge in [-0.3, -0.25) is 19.0 Å².